The number of hydrogen-bond acceptors (Lipinski definition) is 0. The van der Waals surface area contributed by atoms with Gasteiger partial charge in [-0.25, -0.2) is 0 Å². The van der Waals surface area contributed by atoms with E-state index in [1.165, 1.54) is 49.0 Å². The largest absolute Gasteiger partial charge is 0.0610 e. The first kappa shape index (κ1) is 10.8. The summed E-state index contributed by atoms with van der Waals surface area (Å²) in [5.74, 6) is 0. The first-order valence-electron chi connectivity index (χ1n) is 6.81. The summed E-state index contributed by atoms with van der Waals surface area (Å²) in [6.45, 7) is 6.65. The zero-order chi connectivity index (χ0) is 13.1. The Morgan fingerprint density at radius 1 is 0.579 bits per heavy atom. The highest BCUT2D eigenvalue weighted by Gasteiger charge is 2.12. The third-order valence-electron chi connectivity index (χ3n) is 4.38. The van der Waals surface area contributed by atoms with Gasteiger partial charge in [-0.15, -0.1) is 0 Å². The van der Waals surface area contributed by atoms with Crippen molar-refractivity contribution in [3.05, 3.63) is 59.2 Å². The smallest absolute Gasteiger partial charge is 0.00213 e. The molecule has 0 aliphatic heterocycles. The maximum Gasteiger partial charge on any atom is -0.00213 e. The maximum atomic E-state index is 2.35. The van der Waals surface area contributed by atoms with Crippen LogP contribution in [0, 0.1) is 20.8 Å². The summed E-state index contributed by atoms with van der Waals surface area (Å²) in [6, 6.07) is 15.8. The third kappa shape index (κ3) is 1.29. The highest BCUT2D eigenvalue weighted by Crippen LogP contribution is 2.38. The zero-order valence-corrected chi connectivity index (χ0v) is 11.5. The lowest BCUT2D eigenvalue weighted by molar-refractivity contribution is 1.45. The molecule has 0 amide bonds. The molecule has 0 saturated heterocycles. The average molecular weight is 244 g/mol. The van der Waals surface area contributed by atoms with Gasteiger partial charge < -0.3 is 0 Å². The molecule has 0 nitrogen and oxygen atoms in total. The SMILES string of the molecule is Cc1cc2c(C)cc(C)c3ccc4cccc1c4c32. The molecule has 0 aliphatic rings. The maximum absolute atomic E-state index is 2.35. The van der Waals surface area contributed by atoms with Crippen LogP contribution in [0.4, 0.5) is 0 Å². The first-order valence-corrected chi connectivity index (χ1v) is 6.81. The second kappa shape index (κ2) is 3.48. The predicted octanol–water partition coefficient (Wildman–Crippen LogP) is 5.51. The van der Waals surface area contributed by atoms with Crippen LogP contribution >= 0.6 is 0 Å². The Kier molecular flexibility index (Phi) is 1.98. The molecule has 0 bridgehead atoms. The van der Waals surface area contributed by atoms with Crippen LogP contribution in [0.5, 0.6) is 0 Å². The predicted molar refractivity (Wildman–Crippen MR) is 84.4 cm³/mol. The molecule has 0 aromatic heterocycles. The van der Waals surface area contributed by atoms with E-state index >= 15 is 0 Å². The van der Waals surface area contributed by atoms with E-state index in [2.05, 4.69) is 63.2 Å². The summed E-state index contributed by atoms with van der Waals surface area (Å²) in [5, 5.41) is 8.41. The van der Waals surface area contributed by atoms with Crippen molar-refractivity contribution < 1.29 is 0 Å². The van der Waals surface area contributed by atoms with Crippen LogP contribution in [0.3, 0.4) is 0 Å². The number of hydrogen-bond donors (Lipinski definition) is 0. The fourth-order valence-corrected chi connectivity index (χ4v) is 3.47. The van der Waals surface area contributed by atoms with Gasteiger partial charge in [0.1, 0.15) is 0 Å². The van der Waals surface area contributed by atoms with Crippen molar-refractivity contribution >= 4 is 32.3 Å². The Labute approximate surface area is 113 Å². The van der Waals surface area contributed by atoms with E-state index in [0.29, 0.717) is 0 Å². The van der Waals surface area contributed by atoms with E-state index in [0.717, 1.165) is 0 Å². The van der Waals surface area contributed by atoms with Crippen LogP contribution < -0.4 is 0 Å². The fourth-order valence-electron chi connectivity index (χ4n) is 3.47. The Hall–Kier alpha value is -2.08. The molecule has 0 saturated carbocycles. The van der Waals surface area contributed by atoms with Gasteiger partial charge in [0.25, 0.3) is 0 Å². The van der Waals surface area contributed by atoms with E-state index in [1.54, 1.807) is 0 Å². The summed E-state index contributed by atoms with van der Waals surface area (Å²) >= 11 is 0. The second-order valence-corrected chi connectivity index (χ2v) is 5.64. The van der Waals surface area contributed by atoms with Crippen LogP contribution in [0.15, 0.2) is 42.5 Å². The normalized spacial score (nSPS) is 11.9. The molecule has 0 N–H and O–H groups in total. The Morgan fingerprint density at radius 3 is 2.11 bits per heavy atom. The molecule has 0 radical (unpaired) electrons. The molecule has 0 heterocycles. The standard InChI is InChI=1S/C19H16/c1-11-9-12(2)17-10-13(3)15-6-4-5-14-7-8-16(11)19(17)18(14)15/h4-10H,1-3H3. The van der Waals surface area contributed by atoms with Gasteiger partial charge in [0.05, 0.1) is 0 Å². The van der Waals surface area contributed by atoms with E-state index in [9.17, 15) is 0 Å². The highest BCUT2D eigenvalue weighted by molar-refractivity contribution is 6.24. The monoisotopic (exact) mass is 244 g/mol. The van der Waals surface area contributed by atoms with Crippen molar-refractivity contribution in [3.63, 3.8) is 0 Å². The van der Waals surface area contributed by atoms with Crippen LogP contribution in [0.2, 0.25) is 0 Å². The van der Waals surface area contributed by atoms with Gasteiger partial charge in [-0.2, -0.15) is 0 Å². The minimum absolute atomic E-state index is 1.35. The van der Waals surface area contributed by atoms with E-state index < -0.39 is 0 Å². The minimum atomic E-state index is 1.35. The molecule has 4 rings (SSSR count). The highest BCUT2D eigenvalue weighted by atomic mass is 14.2. The number of benzene rings is 4. The van der Waals surface area contributed by atoms with Gasteiger partial charge in [0.15, 0.2) is 0 Å². The van der Waals surface area contributed by atoms with Crippen molar-refractivity contribution in [3.8, 4) is 0 Å². The van der Waals surface area contributed by atoms with Crippen LogP contribution in [-0.2, 0) is 0 Å². The quantitative estimate of drug-likeness (QED) is 0.358. The molecule has 4 aromatic carbocycles. The summed E-state index contributed by atoms with van der Waals surface area (Å²) in [7, 11) is 0. The van der Waals surface area contributed by atoms with E-state index in [1.807, 2.05) is 0 Å². The fraction of sp³-hybridized carbons (Fsp3) is 0.158. The Balaban J connectivity index is 2.49. The summed E-state index contributed by atoms with van der Waals surface area (Å²) in [6.07, 6.45) is 0. The van der Waals surface area contributed by atoms with Gasteiger partial charge in [-0.05, 0) is 69.8 Å². The van der Waals surface area contributed by atoms with E-state index in [-0.39, 0.29) is 0 Å². The molecule has 0 unspecified atom stereocenters. The number of rotatable bonds is 0. The van der Waals surface area contributed by atoms with E-state index in [4.69, 9.17) is 0 Å². The van der Waals surface area contributed by atoms with Crippen molar-refractivity contribution in [1.29, 1.82) is 0 Å². The minimum Gasteiger partial charge on any atom is -0.0610 e. The van der Waals surface area contributed by atoms with Gasteiger partial charge in [0.2, 0.25) is 0 Å². The number of aryl methyl sites for hydroxylation is 3. The summed E-state index contributed by atoms with van der Waals surface area (Å²) < 4.78 is 0. The van der Waals surface area contributed by atoms with Crippen molar-refractivity contribution in [1.82, 2.24) is 0 Å². The first-order chi connectivity index (χ1) is 9.16. The average Bonchev–Trinajstić information content (AvgIpc) is 2.41. The van der Waals surface area contributed by atoms with Crippen molar-refractivity contribution in [2.45, 2.75) is 20.8 Å². The van der Waals surface area contributed by atoms with Crippen molar-refractivity contribution in [2.24, 2.45) is 0 Å². The Morgan fingerprint density at radius 2 is 1.26 bits per heavy atom. The molecule has 0 heteroatoms. The molecule has 19 heavy (non-hydrogen) atoms. The second-order valence-electron chi connectivity index (χ2n) is 5.64. The third-order valence-corrected chi connectivity index (χ3v) is 4.38. The molecular weight excluding hydrogens is 228 g/mol. The topological polar surface area (TPSA) is 0 Å². The summed E-state index contributed by atoms with van der Waals surface area (Å²) in [4.78, 5) is 0. The molecule has 0 atom stereocenters. The van der Waals surface area contributed by atoms with Crippen LogP contribution in [0.1, 0.15) is 16.7 Å². The molecule has 92 valence electrons. The molecular formula is C19H16. The molecule has 0 spiro atoms. The Bertz CT molecular complexity index is 929. The lowest BCUT2D eigenvalue weighted by Crippen LogP contribution is -1.90. The lowest BCUT2D eigenvalue weighted by Gasteiger charge is -2.16. The molecule has 4 aromatic rings. The zero-order valence-electron chi connectivity index (χ0n) is 11.5. The van der Waals surface area contributed by atoms with Crippen LogP contribution in [0.25, 0.3) is 32.3 Å². The molecule has 0 fully saturated rings. The van der Waals surface area contributed by atoms with Gasteiger partial charge in [-0.1, -0.05) is 42.5 Å². The summed E-state index contributed by atoms with van der Waals surface area (Å²) in [5.41, 5.74) is 4.13. The van der Waals surface area contributed by atoms with Crippen molar-refractivity contribution in [2.75, 3.05) is 0 Å². The van der Waals surface area contributed by atoms with Gasteiger partial charge in [-0.3, -0.25) is 0 Å². The van der Waals surface area contributed by atoms with Gasteiger partial charge in [0, 0.05) is 0 Å². The molecule has 0 aliphatic carbocycles. The lowest BCUT2D eigenvalue weighted by atomic mass is 9.88. The van der Waals surface area contributed by atoms with Crippen LogP contribution in [-0.4, -0.2) is 0 Å². The van der Waals surface area contributed by atoms with Gasteiger partial charge >= 0.3 is 0 Å².